The van der Waals surface area contributed by atoms with Gasteiger partial charge in [0.1, 0.15) is 18.2 Å². The van der Waals surface area contributed by atoms with Crippen LogP contribution in [-0.4, -0.2) is 6.04 Å². The predicted octanol–water partition coefficient (Wildman–Crippen LogP) is 6.17. The molecule has 0 aliphatic carbocycles. The smallest absolute Gasteiger partial charge is 0.124 e. The Hall–Kier alpha value is -2.36. The van der Waals surface area contributed by atoms with E-state index in [1.165, 1.54) is 17.7 Å². The van der Waals surface area contributed by atoms with Crippen molar-refractivity contribution in [2.24, 2.45) is 0 Å². The summed E-state index contributed by atoms with van der Waals surface area (Å²) in [4.78, 5) is 0. The van der Waals surface area contributed by atoms with E-state index in [9.17, 15) is 4.39 Å². The lowest BCUT2D eigenvalue weighted by Gasteiger charge is -2.16. The third-order valence-corrected chi connectivity index (χ3v) is 5.07. The molecule has 28 heavy (non-hydrogen) atoms. The standard InChI is InChI=1S/C24H25ClFNO/c1-18(11-12-19-7-3-2-4-8-19)27-16-20-9-5-6-10-24(20)28-17-21-13-14-22(26)15-23(21)25/h2-10,13-15,18,27H,11-12,16-17H2,1H3/t18-/m0/s1. The highest BCUT2D eigenvalue weighted by molar-refractivity contribution is 6.31. The molecule has 0 unspecified atom stereocenters. The molecule has 146 valence electrons. The number of benzene rings is 3. The van der Waals surface area contributed by atoms with Gasteiger partial charge >= 0.3 is 0 Å². The molecule has 2 nitrogen and oxygen atoms in total. The van der Waals surface area contributed by atoms with Gasteiger partial charge in [-0.15, -0.1) is 0 Å². The summed E-state index contributed by atoms with van der Waals surface area (Å²) in [5.41, 5.74) is 3.21. The second kappa shape index (κ2) is 10.3. The first-order valence-corrected chi connectivity index (χ1v) is 9.91. The summed E-state index contributed by atoms with van der Waals surface area (Å²) in [5, 5.41) is 3.95. The van der Waals surface area contributed by atoms with Crippen molar-refractivity contribution in [2.75, 3.05) is 0 Å². The van der Waals surface area contributed by atoms with Crippen molar-refractivity contribution in [1.29, 1.82) is 0 Å². The van der Waals surface area contributed by atoms with Crippen LogP contribution >= 0.6 is 11.6 Å². The maximum absolute atomic E-state index is 13.2. The Bertz CT molecular complexity index is 885. The fraction of sp³-hybridized carbons (Fsp3) is 0.250. The van der Waals surface area contributed by atoms with Crippen molar-refractivity contribution in [3.8, 4) is 5.75 Å². The molecule has 0 radical (unpaired) electrons. The van der Waals surface area contributed by atoms with Crippen LogP contribution < -0.4 is 10.1 Å². The Morgan fingerprint density at radius 2 is 1.71 bits per heavy atom. The van der Waals surface area contributed by atoms with Crippen molar-refractivity contribution < 1.29 is 9.13 Å². The van der Waals surface area contributed by atoms with E-state index in [1.54, 1.807) is 6.07 Å². The molecular formula is C24H25ClFNO. The molecule has 0 saturated carbocycles. The highest BCUT2D eigenvalue weighted by atomic mass is 35.5. The number of hydrogen-bond donors (Lipinski definition) is 1. The minimum absolute atomic E-state index is 0.305. The van der Waals surface area contributed by atoms with Crippen molar-refractivity contribution in [1.82, 2.24) is 5.32 Å². The molecule has 3 aromatic carbocycles. The molecule has 0 aromatic heterocycles. The minimum atomic E-state index is -0.345. The summed E-state index contributed by atoms with van der Waals surface area (Å²) < 4.78 is 19.1. The Morgan fingerprint density at radius 3 is 2.50 bits per heavy atom. The van der Waals surface area contributed by atoms with Gasteiger partial charge in [-0.1, -0.05) is 66.2 Å². The minimum Gasteiger partial charge on any atom is -0.489 e. The molecular weight excluding hydrogens is 373 g/mol. The quantitative estimate of drug-likeness (QED) is 0.466. The van der Waals surface area contributed by atoms with Gasteiger partial charge in [0.25, 0.3) is 0 Å². The van der Waals surface area contributed by atoms with E-state index in [2.05, 4.69) is 42.6 Å². The fourth-order valence-electron chi connectivity index (χ4n) is 3.00. The van der Waals surface area contributed by atoms with Crippen molar-refractivity contribution in [3.05, 3.63) is 100 Å². The summed E-state index contributed by atoms with van der Waals surface area (Å²) >= 11 is 6.09. The Balaban J connectivity index is 1.53. The van der Waals surface area contributed by atoms with Gasteiger partial charge in [-0.2, -0.15) is 0 Å². The average Bonchev–Trinajstić information content (AvgIpc) is 2.71. The van der Waals surface area contributed by atoms with Crippen molar-refractivity contribution >= 4 is 11.6 Å². The molecule has 3 aromatic rings. The van der Waals surface area contributed by atoms with Crippen LogP contribution in [-0.2, 0) is 19.6 Å². The summed E-state index contributed by atoms with van der Waals surface area (Å²) in [6, 6.07) is 23.2. The van der Waals surface area contributed by atoms with E-state index in [4.69, 9.17) is 16.3 Å². The summed E-state index contributed by atoms with van der Waals surface area (Å²) in [6.07, 6.45) is 2.12. The Kier molecular flexibility index (Phi) is 7.46. The van der Waals surface area contributed by atoms with Gasteiger partial charge in [0.15, 0.2) is 0 Å². The SMILES string of the molecule is C[C@@H](CCc1ccccc1)NCc1ccccc1OCc1ccc(F)cc1Cl. The largest absolute Gasteiger partial charge is 0.489 e. The Labute approximate surface area is 171 Å². The van der Waals surface area contributed by atoms with Gasteiger partial charge in [0, 0.05) is 23.7 Å². The first kappa shape index (κ1) is 20.4. The van der Waals surface area contributed by atoms with Crippen LogP contribution in [0.2, 0.25) is 5.02 Å². The number of aryl methyl sites for hydroxylation is 1. The van der Waals surface area contributed by atoms with Gasteiger partial charge in [0.05, 0.1) is 5.02 Å². The number of hydrogen-bond acceptors (Lipinski definition) is 2. The van der Waals surface area contributed by atoms with Crippen LogP contribution in [0.15, 0.2) is 72.8 Å². The summed E-state index contributed by atoms with van der Waals surface area (Å²) in [7, 11) is 0. The number of halogens is 2. The second-order valence-corrected chi connectivity index (χ2v) is 7.35. The highest BCUT2D eigenvalue weighted by Crippen LogP contribution is 2.23. The molecule has 1 atom stereocenters. The molecule has 0 saturated heterocycles. The van der Waals surface area contributed by atoms with Crippen molar-refractivity contribution in [2.45, 2.75) is 39.0 Å². The summed E-state index contributed by atoms with van der Waals surface area (Å²) in [5.74, 6) is 0.466. The number of ether oxygens (including phenoxy) is 1. The van der Waals surface area contributed by atoms with Crippen LogP contribution in [0.25, 0.3) is 0 Å². The van der Waals surface area contributed by atoms with Gasteiger partial charge in [-0.3, -0.25) is 0 Å². The molecule has 0 fully saturated rings. The third kappa shape index (κ3) is 6.08. The van der Waals surface area contributed by atoms with Gasteiger partial charge in [-0.25, -0.2) is 4.39 Å². The van der Waals surface area contributed by atoms with Crippen LogP contribution in [0, 0.1) is 5.82 Å². The lowest BCUT2D eigenvalue weighted by molar-refractivity contribution is 0.301. The average molecular weight is 398 g/mol. The zero-order valence-electron chi connectivity index (χ0n) is 16.0. The zero-order chi connectivity index (χ0) is 19.8. The van der Waals surface area contributed by atoms with Crippen LogP contribution in [0.4, 0.5) is 4.39 Å². The monoisotopic (exact) mass is 397 g/mol. The van der Waals surface area contributed by atoms with Gasteiger partial charge < -0.3 is 10.1 Å². The molecule has 4 heteroatoms. The maximum Gasteiger partial charge on any atom is 0.124 e. The van der Waals surface area contributed by atoms with E-state index in [1.807, 2.05) is 24.3 Å². The molecule has 0 aliphatic rings. The second-order valence-electron chi connectivity index (χ2n) is 6.94. The van der Waals surface area contributed by atoms with E-state index >= 15 is 0 Å². The number of rotatable bonds is 9. The highest BCUT2D eigenvalue weighted by Gasteiger charge is 2.08. The van der Waals surface area contributed by atoms with E-state index in [0.717, 1.165) is 36.3 Å². The summed E-state index contributed by atoms with van der Waals surface area (Å²) in [6.45, 7) is 3.23. The van der Waals surface area contributed by atoms with E-state index < -0.39 is 0 Å². The molecule has 0 bridgehead atoms. The van der Waals surface area contributed by atoms with Crippen LogP contribution in [0.1, 0.15) is 30.0 Å². The lowest BCUT2D eigenvalue weighted by atomic mass is 10.1. The van der Waals surface area contributed by atoms with E-state index in [0.29, 0.717) is 17.7 Å². The molecule has 0 heterocycles. The molecule has 3 rings (SSSR count). The van der Waals surface area contributed by atoms with Crippen molar-refractivity contribution in [3.63, 3.8) is 0 Å². The number of para-hydroxylation sites is 1. The zero-order valence-corrected chi connectivity index (χ0v) is 16.8. The first-order chi connectivity index (χ1) is 13.6. The lowest BCUT2D eigenvalue weighted by Crippen LogP contribution is -2.26. The molecule has 0 spiro atoms. The Morgan fingerprint density at radius 1 is 0.964 bits per heavy atom. The maximum atomic E-state index is 13.2. The predicted molar refractivity (Wildman–Crippen MR) is 113 cm³/mol. The first-order valence-electron chi connectivity index (χ1n) is 9.54. The van der Waals surface area contributed by atoms with Gasteiger partial charge in [-0.05, 0) is 43.5 Å². The van der Waals surface area contributed by atoms with Crippen LogP contribution in [0.5, 0.6) is 5.75 Å². The number of nitrogens with one attached hydrogen (secondary N) is 1. The van der Waals surface area contributed by atoms with Crippen LogP contribution in [0.3, 0.4) is 0 Å². The molecule has 1 N–H and O–H groups in total. The molecule has 0 aliphatic heterocycles. The normalized spacial score (nSPS) is 12.0. The molecule has 0 amide bonds. The van der Waals surface area contributed by atoms with Gasteiger partial charge in [0.2, 0.25) is 0 Å². The fourth-order valence-corrected chi connectivity index (χ4v) is 3.22. The van der Waals surface area contributed by atoms with E-state index in [-0.39, 0.29) is 5.82 Å². The topological polar surface area (TPSA) is 21.3 Å². The third-order valence-electron chi connectivity index (χ3n) is 4.72.